The van der Waals surface area contributed by atoms with Crippen molar-refractivity contribution in [2.24, 2.45) is 0 Å². The fraction of sp³-hybridized carbons (Fsp3) is 0.333. The van der Waals surface area contributed by atoms with E-state index in [0.29, 0.717) is 22.4 Å². The molecule has 2 aromatic heterocycles. The standard InChI is InChI=1S/C12H16N6OS/c1-3-14-12-18-10(13)9(20-12)11(19)16-6-8-4-5-15-7(2)17-8/h4-5H,3,6,13H2,1-2H3,(H,14,18)(H,16,19). The highest BCUT2D eigenvalue weighted by Gasteiger charge is 2.15. The summed E-state index contributed by atoms with van der Waals surface area (Å²) in [5.41, 5.74) is 6.49. The third kappa shape index (κ3) is 3.41. The fourth-order valence-electron chi connectivity index (χ4n) is 1.58. The van der Waals surface area contributed by atoms with Gasteiger partial charge in [0.05, 0.1) is 12.2 Å². The zero-order chi connectivity index (χ0) is 14.5. The molecule has 0 fully saturated rings. The molecule has 0 aromatic carbocycles. The Balaban J connectivity index is 2.01. The van der Waals surface area contributed by atoms with E-state index >= 15 is 0 Å². The molecule has 0 spiro atoms. The summed E-state index contributed by atoms with van der Waals surface area (Å²) >= 11 is 1.24. The van der Waals surface area contributed by atoms with E-state index in [9.17, 15) is 4.79 Å². The summed E-state index contributed by atoms with van der Waals surface area (Å²) in [4.78, 5) is 24.8. The Hall–Kier alpha value is -2.22. The molecular weight excluding hydrogens is 276 g/mol. The Morgan fingerprint density at radius 3 is 2.95 bits per heavy atom. The molecule has 20 heavy (non-hydrogen) atoms. The number of nitrogens with zero attached hydrogens (tertiary/aromatic N) is 3. The van der Waals surface area contributed by atoms with E-state index in [1.807, 2.05) is 6.92 Å². The normalized spacial score (nSPS) is 10.3. The topological polar surface area (TPSA) is 106 Å². The summed E-state index contributed by atoms with van der Waals surface area (Å²) in [5, 5.41) is 6.45. The van der Waals surface area contributed by atoms with Crippen LogP contribution in [0.15, 0.2) is 12.3 Å². The second-order valence-corrected chi connectivity index (χ2v) is 5.04. The minimum atomic E-state index is -0.250. The predicted molar refractivity (Wildman–Crippen MR) is 78.6 cm³/mol. The zero-order valence-electron chi connectivity index (χ0n) is 11.3. The van der Waals surface area contributed by atoms with Crippen molar-refractivity contribution < 1.29 is 4.79 Å². The van der Waals surface area contributed by atoms with E-state index in [4.69, 9.17) is 5.73 Å². The number of rotatable bonds is 5. The van der Waals surface area contributed by atoms with E-state index in [-0.39, 0.29) is 11.7 Å². The Labute approximate surface area is 120 Å². The molecular formula is C12H16N6OS. The van der Waals surface area contributed by atoms with Gasteiger partial charge in [0.25, 0.3) is 5.91 Å². The van der Waals surface area contributed by atoms with Gasteiger partial charge in [0.15, 0.2) is 5.13 Å². The molecule has 2 rings (SSSR count). The second kappa shape index (κ2) is 6.29. The third-order valence-electron chi connectivity index (χ3n) is 2.45. The van der Waals surface area contributed by atoms with Gasteiger partial charge >= 0.3 is 0 Å². The summed E-state index contributed by atoms with van der Waals surface area (Å²) in [5.74, 6) is 0.659. The van der Waals surface area contributed by atoms with Crippen molar-refractivity contribution in [2.45, 2.75) is 20.4 Å². The molecule has 7 nitrogen and oxygen atoms in total. The number of carbonyl (C=O) groups is 1. The summed E-state index contributed by atoms with van der Waals surface area (Å²) in [6, 6.07) is 1.76. The molecule has 1 amide bonds. The van der Waals surface area contributed by atoms with Crippen LogP contribution >= 0.6 is 11.3 Å². The second-order valence-electron chi connectivity index (χ2n) is 4.04. The van der Waals surface area contributed by atoms with Gasteiger partial charge in [-0.3, -0.25) is 4.79 Å². The first-order valence-corrected chi connectivity index (χ1v) is 6.98. The summed E-state index contributed by atoms with van der Waals surface area (Å²) in [6.07, 6.45) is 1.66. The van der Waals surface area contributed by atoms with Crippen LogP contribution in [-0.4, -0.2) is 27.4 Å². The van der Waals surface area contributed by atoms with Gasteiger partial charge in [0, 0.05) is 12.7 Å². The summed E-state index contributed by atoms with van der Waals surface area (Å²) < 4.78 is 0. The van der Waals surface area contributed by atoms with E-state index < -0.39 is 0 Å². The summed E-state index contributed by atoms with van der Waals surface area (Å²) in [7, 11) is 0. The molecule has 0 saturated heterocycles. The van der Waals surface area contributed by atoms with Crippen LogP contribution in [0.1, 0.15) is 28.1 Å². The zero-order valence-corrected chi connectivity index (χ0v) is 12.1. The maximum absolute atomic E-state index is 12.0. The Kier molecular flexibility index (Phi) is 4.46. The molecule has 2 heterocycles. The molecule has 2 aromatic rings. The van der Waals surface area contributed by atoms with E-state index in [1.54, 1.807) is 19.2 Å². The summed E-state index contributed by atoms with van der Waals surface area (Å²) in [6.45, 7) is 4.81. The van der Waals surface area contributed by atoms with Crippen LogP contribution in [-0.2, 0) is 6.54 Å². The number of hydrogen-bond donors (Lipinski definition) is 3. The molecule has 0 aliphatic carbocycles. The monoisotopic (exact) mass is 292 g/mol. The van der Waals surface area contributed by atoms with E-state index in [0.717, 1.165) is 12.2 Å². The van der Waals surface area contributed by atoms with Gasteiger partial charge in [-0.2, -0.15) is 0 Å². The minimum Gasteiger partial charge on any atom is -0.382 e. The Morgan fingerprint density at radius 1 is 1.45 bits per heavy atom. The molecule has 0 saturated carbocycles. The number of nitrogens with one attached hydrogen (secondary N) is 2. The Morgan fingerprint density at radius 2 is 2.25 bits per heavy atom. The van der Waals surface area contributed by atoms with Crippen molar-refractivity contribution in [3.05, 3.63) is 28.7 Å². The average Bonchev–Trinajstić information content (AvgIpc) is 2.78. The number of nitrogen functional groups attached to an aromatic ring is 1. The minimum absolute atomic E-state index is 0.238. The number of hydrogen-bond acceptors (Lipinski definition) is 7. The van der Waals surface area contributed by atoms with Gasteiger partial charge in [-0.15, -0.1) is 0 Å². The molecule has 0 atom stereocenters. The number of nitrogens with two attached hydrogens (primary N) is 1. The predicted octanol–water partition coefficient (Wildman–Crippen LogP) is 1.19. The quantitative estimate of drug-likeness (QED) is 0.764. The SMILES string of the molecule is CCNc1nc(N)c(C(=O)NCc2ccnc(C)n2)s1. The molecule has 0 radical (unpaired) electrons. The van der Waals surface area contributed by atoms with Crippen LogP contribution < -0.4 is 16.4 Å². The van der Waals surface area contributed by atoms with E-state index in [1.165, 1.54) is 11.3 Å². The highest BCUT2D eigenvalue weighted by molar-refractivity contribution is 7.18. The fourth-order valence-corrected chi connectivity index (χ4v) is 2.45. The number of aromatic nitrogens is 3. The average molecular weight is 292 g/mol. The number of anilines is 2. The maximum Gasteiger partial charge on any atom is 0.265 e. The van der Waals surface area contributed by atoms with Gasteiger partial charge < -0.3 is 16.4 Å². The van der Waals surface area contributed by atoms with Crippen molar-refractivity contribution >= 4 is 28.2 Å². The number of carbonyl (C=O) groups excluding carboxylic acids is 1. The van der Waals surface area contributed by atoms with Gasteiger partial charge in [0.1, 0.15) is 16.5 Å². The van der Waals surface area contributed by atoms with Crippen molar-refractivity contribution in [3.63, 3.8) is 0 Å². The molecule has 0 unspecified atom stereocenters. The van der Waals surface area contributed by atoms with Gasteiger partial charge in [-0.05, 0) is 19.9 Å². The lowest BCUT2D eigenvalue weighted by molar-refractivity contribution is 0.0955. The number of aryl methyl sites for hydroxylation is 1. The highest BCUT2D eigenvalue weighted by atomic mass is 32.1. The first-order valence-electron chi connectivity index (χ1n) is 6.17. The first-order chi connectivity index (χ1) is 9.60. The van der Waals surface area contributed by atoms with Crippen molar-refractivity contribution in [3.8, 4) is 0 Å². The molecule has 0 aliphatic heterocycles. The molecule has 0 aliphatic rings. The van der Waals surface area contributed by atoms with Crippen LogP contribution in [0.4, 0.5) is 10.9 Å². The van der Waals surface area contributed by atoms with Gasteiger partial charge in [0.2, 0.25) is 0 Å². The first kappa shape index (κ1) is 14.2. The van der Waals surface area contributed by atoms with Crippen molar-refractivity contribution in [2.75, 3.05) is 17.6 Å². The van der Waals surface area contributed by atoms with E-state index in [2.05, 4.69) is 25.6 Å². The van der Waals surface area contributed by atoms with Crippen LogP contribution in [0.5, 0.6) is 0 Å². The lowest BCUT2D eigenvalue weighted by atomic mass is 10.3. The van der Waals surface area contributed by atoms with Gasteiger partial charge in [-0.1, -0.05) is 11.3 Å². The number of thiazole rings is 1. The van der Waals surface area contributed by atoms with Gasteiger partial charge in [-0.25, -0.2) is 15.0 Å². The van der Waals surface area contributed by atoms with Crippen LogP contribution in [0.25, 0.3) is 0 Å². The van der Waals surface area contributed by atoms with Crippen molar-refractivity contribution in [1.82, 2.24) is 20.3 Å². The molecule has 0 bridgehead atoms. The highest BCUT2D eigenvalue weighted by Crippen LogP contribution is 2.24. The third-order valence-corrected chi connectivity index (χ3v) is 3.48. The van der Waals surface area contributed by atoms with Crippen molar-refractivity contribution in [1.29, 1.82) is 0 Å². The lowest BCUT2D eigenvalue weighted by Crippen LogP contribution is -2.23. The lowest BCUT2D eigenvalue weighted by Gasteiger charge is -2.03. The van der Waals surface area contributed by atoms with Crippen LogP contribution in [0.2, 0.25) is 0 Å². The number of amides is 1. The molecule has 8 heteroatoms. The Bertz CT molecular complexity index is 612. The van der Waals surface area contributed by atoms with Crippen LogP contribution in [0.3, 0.4) is 0 Å². The smallest absolute Gasteiger partial charge is 0.265 e. The van der Waals surface area contributed by atoms with Crippen LogP contribution in [0, 0.1) is 6.92 Å². The largest absolute Gasteiger partial charge is 0.382 e. The maximum atomic E-state index is 12.0. The molecule has 4 N–H and O–H groups in total. The molecule has 106 valence electrons.